The second-order valence-corrected chi connectivity index (χ2v) is 6.29. The molecule has 134 valence electrons. The first-order chi connectivity index (χ1) is 12.6. The molecule has 1 aromatic heterocycles. The van der Waals surface area contributed by atoms with E-state index in [0.717, 1.165) is 22.2 Å². The van der Waals surface area contributed by atoms with Crippen molar-refractivity contribution in [3.8, 4) is 11.5 Å². The van der Waals surface area contributed by atoms with Gasteiger partial charge in [0.2, 0.25) is 0 Å². The summed E-state index contributed by atoms with van der Waals surface area (Å²) in [5.74, 6) is 0.514. The number of ether oxygens (including phenoxy) is 2. The van der Waals surface area contributed by atoms with Gasteiger partial charge >= 0.3 is 0 Å². The van der Waals surface area contributed by atoms with Crippen molar-refractivity contribution in [1.29, 1.82) is 0 Å². The molecule has 0 fully saturated rings. The van der Waals surface area contributed by atoms with Crippen molar-refractivity contribution in [3.05, 3.63) is 59.0 Å². The SMILES string of the molecule is COc1cccc(OC)c1C(=O)N1CCc2[nH]c3ccc(F)cc3c2C1. The molecule has 26 heavy (non-hydrogen) atoms. The normalized spacial score (nSPS) is 13.6. The van der Waals surface area contributed by atoms with E-state index in [1.807, 2.05) is 0 Å². The van der Waals surface area contributed by atoms with Crippen molar-refractivity contribution in [3.63, 3.8) is 0 Å². The lowest BCUT2D eigenvalue weighted by Gasteiger charge is -2.28. The van der Waals surface area contributed by atoms with Gasteiger partial charge in [-0.15, -0.1) is 0 Å². The number of aromatic nitrogens is 1. The number of H-pyrrole nitrogens is 1. The average molecular weight is 354 g/mol. The predicted molar refractivity (Wildman–Crippen MR) is 96.2 cm³/mol. The predicted octanol–water partition coefficient (Wildman–Crippen LogP) is 3.52. The molecule has 2 heterocycles. The van der Waals surface area contributed by atoms with Crippen LogP contribution in [0.3, 0.4) is 0 Å². The minimum absolute atomic E-state index is 0.157. The molecule has 1 amide bonds. The largest absolute Gasteiger partial charge is 0.496 e. The number of aromatic amines is 1. The summed E-state index contributed by atoms with van der Waals surface area (Å²) < 4.78 is 24.4. The van der Waals surface area contributed by atoms with Crippen LogP contribution in [0.4, 0.5) is 4.39 Å². The summed E-state index contributed by atoms with van der Waals surface area (Å²) in [5, 5.41) is 0.824. The van der Waals surface area contributed by atoms with Crippen LogP contribution < -0.4 is 9.47 Å². The van der Waals surface area contributed by atoms with Gasteiger partial charge in [-0.3, -0.25) is 4.79 Å². The van der Waals surface area contributed by atoms with Gasteiger partial charge in [-0.1, -0.05) is 6.07 Å². The summed E-state index contributed by atoms with van der Waals surface area (Å²) in [5.41, 5.74) is 3.32. The third kappa shape index (κ3) is 2.58. The van der Waals surface area contributed by atoms with Gasteiger partial charge in [0.25, 0.3) is 5.91 Å². The zero-order valence-corrected chi connectivity index (χ0v) is 14.6. The Balaban J connectivity index is 1.72. The van der Waals surface area contributed by atoms with E-state index in [1.54, 1.807) is 29.2 Å². The first-order valence-corrected chi connectivity index (χ1v) is 8.41. The molecular formula is C20H19FN2O3. The molecule has 6 heteroatoms. The number of hydrogen-bond donors (Lipinski definition) is 1. The number of nitrogens with one attached hydrogen (secondary N) is 1. The van der Waals surface area contributed by atoms with E-state index >= 15 is 0 Å². The maximum atomic E-state index is 13.7. The summed E-state index contributed by atoms with van der Waals surface area (Å²) in [6.07, 6.45) is 0.689. The number of rotatable bonds is 3. The number of nitrogens with zero attached hydrogens (tertiary/aromatic N) is 1. The van der Waals surface area contributed by atoms with Crippen molar-refractivity contribution >= 4 is 16.8 Å². The van der Waals surface area contributed by atoms with Crippen LogP contribution in [-0.2, 0) is 13.0 Å². The van der Waals surface area contributed by atoms with E-state index in [-0.39, 0.29) is 11.7 Å². The molecule has 0 atom stereocenters. The Morgan fingerprint density at radius 1 is 1.15 bits per heavy atom. The molecule has 1 N–H and O–H groups in total. The molecule has 2 aromatic carbocycles. The lowest BCUT2D eigenvalue weighted by molar-refractivity contribution is 0.0728. The summed E-state index contributed by atoms with van der Waals surface area (Å²) in [4.78, 5) is 18.3. The maximum Gasteiger partial charge on any atom is 0.261 e. The molecule has 3 aromatic rings. The zero-order chi connectivity index (χ0) is 18.3. The topological polar surface area (TPSA) is 54.6 Å². The fourth-order valence-corrected chi connectivity index (χ4v) is 3.58. The molecule has 0 saturated heterocycles. The number of benzene rings is 2. The van der Waals surface area contributed by atoms with Crippen LogP contribution >= 0.6 is 0 Å². The number of carbonyl (C=O) groups is 1. The number of carbonyl (C=O) groups excluding carboxylic acids is 1. The standard InChI is InChI=1S/C20H19FN2O3/c1-25-17-4-3-5-18(26-2)19(17)20(24)23-9-8-16-14(11-23)13-10-12(21)6-7-15(13)22-16/h3-7,10,22H,8-9,11H2,1-2H3. The van der Waals surface area contributed by atoms with E-state index in [2.05, 4.69) is 4.98 Å². The highest BCUT2D eigenvalue weighted by molar-refractivity contribution is 6.00. The first-order valence-electron chi connectivity index (χ1n) is 8.41. The third-order valence-electron chi connectivity index (χ3n) is 4.87. The average Bonchev–Trinajstić information content (AvgIpc) is 3.03. The molecule has 0 aliphatic carbocycles. The Morgan fingerprint density at radius 2 is 1.88 bits per heavy atom. The van der Waals surface area contributed by atoms with Crippen LogP contribution in [0.15, 0.2) is 36.4 Å². The van der Waals surface area contributed by atoms with Crippen molar-refractivity contribution in [1.82, 2.24) is 9.88 Å². The van der Waals surface area contributed by atoms with Crippen molar-refractivity contribution in [2.75, 3.05) is 20.8 Å². The maximum absolute atomic E-state index is 13.7. The fourth-order valence-electron chi connectivity index (χ4n) is 3.58. The molecule has 0 saturated carbocycles. The van der Waals surface area contributed by atoms with Crippen LogP contribution in [0.2, 0.25) is 0 Å². The van der Waals surface area contributed by atoms with Gasteiger partial charge in [-0.25, -0.2) is 4.39 Å². The fraction of sp³-hybridized carbons (Fsp3) is 0.250. The van der Waals surface area contributed by atoms with Crippen molar-refractivity contribution in [2.24, 2.45) is 0 Å². The Kier molecular flexibility index (Phi) is 4.03. The van der Waals surface area contributed by atoms with E-state index in [9.17, 15) is 9.18 Å². The number of amides is 1. The molecule has 0 bridgehead atoms. The van der Waals surface area contributed by atoms with Gasteiger partial charge in [0, 0.05) is 41.7 Å². The Hall–Kier alpha value is -3.02. The van der Waals surface area contributed by atoms with Crippen LogP contribution in [0, 0.1) is 5.82 Å². The highest BCUT2D eigenvalue weighted by Gasteiger charge is 2.28. The van der Waals surface area contributed by atoms with Crippen molar-refractivity contribution < 1.29 is 18.7 Å². The van der Waals surface area contributed by atoms with Crippen LogP contribution in [-0.4, -0.2) is 36.6 Å². The van der Waals surface area contributed by atoms with Gasteiger partial charge in [0.1, 0.15) is 22.9 Å². The Labute approximate surface area is 150 Å². The molecule has 0 radical (unpaired) electrons. The first kappa shape index (κ1) is 16.4. The number of hydrogen-bond acceptors (Lipinski definition) is 3. The molecule has 1 aliphatic rings. The third-order valence-corrected chi connectivity index (χ3v) is 4.87. The van der Waals surface area contributed by atoms with Gasteiger partial charge in [-0.05, 0) is 30.3 Å². The van der Waals surface area contributed by atoms with Crippen LogP contribution in [0.5, 0.6) is 11.5 Å². The minimum Gasteiger partial charge on any atom is -0.496 e. The summed E-state index contributed by atoms with van der Waals surface area (Å²) >= 11 is 0. The molecule has 5 nitrogen and oxygen atoms in total. The molecule has 0 spiro atoms. The van der Waals surface area contributed by atoms with Crippen LogP contribution in [0.1, 0.15) is 21.6 Å². The number of halogens is 1. The van der Waals surface area contributed by atoms with E-state index in [4.69, 9.17) is 9.47 Å². The molecule has 0 unspecified atom stereocenters. The quantitative estimate of drug-likeness (QED) is 0.783. The van der Waals surface area contributed by atoms with Gasteiger partial charge in [0.05, 0.1) is 14.2 Å². The summed E-state index contributed by atoms with van der Waals surface area (Å²) in [7, 11) is 3.06. The molecular weight excluding hydrogens is 335 g/mol. The van der Waals surface area contributed by atoms with Gasteiger partial charge in [0.15, 0.2) is 0 Å². The highest BCUT2D eigenvalue weighted by Crippen LogP contribution is 2.33. The van der Waals surface area contributed by atoms with Crippen molar-refractivity contribution in [2.45, 2.75) is 13.0 Å². The smallest absolute Gasteiger partial charge is 0.261 e. The second-order valence-electron chi connectivity index (χ2n) is 6.29. The Morgan fingerprint density at radius 3 is 2.58 bits per heavy atom. The lowest BCUT2D eigenvalue weighted by Crippen LogP contribution is -2.36. The molecule has 4 rings (SSSR count). The second kappa shape index (κ2) is 6.37. The monoisotopic (exact) mass is 354 g/mol. The van der Waals surface area contributed by atoms with E-state index in [1.165, 1.54) is 26.4 Å². The highest BCUT2D eigenvalue weighted by atomic mass is 19.1. The van der Waals surface area contributed by atoms with Gasteiger partial charge < -0.3 is 19.4 Å². The lowest BCUT2D eigenvalue weighted by atomic mass is 10.0. The summed E-state index contributed by atoms with van der Waals surface area (Å²) in [6.45, 7) is 0.987. The molecule has 1 aliphatic heterocycles. The van der Waals surface area contributed by atoms with E-state index in [0.29, 0.717) is 36.6 Å². The zero-order valence-electron chi connectivity index (χ0n) is 14.6. The summed E-state index contributed by atoms with van der Waals surface area (Å²) in [6, 6.07) is 9.96. The number of fused-ring (bicyclic) bond motifs is 3. The van der Waals surface area contributed by atoms with Crippen LogP contribution in [0.25, 0.3) is 10.9 Å². The van der Waals surface area contributed by atoms with Gasteiger partial charge in [-0.2, -0.15) is 0 Å². The van der Waals surface area contributed by atoms with E-state index < -0.39 is 0 Å². The Bertz CT molecular complexity index is 974. The minimum atomic E-state index is -0.283. The number of methoxy groups -OCH3 is 2.